The highest BCUT2D eigenvalue weighted by Gasteiger charge is 2.65. The number of carbonyl (C=O) groups is 2. The van der Waals surface area contributed by atoms with Gasteiger partial charge in [0.05, 0.1) is 11.8 Å². The summed E-state index contributed by atoms with van der Waals surface area (Å²) in [6.45, 7) is 5.94. The molecular formula is C32H33N3O3S. The molecule has 2 amide bonds. The maximum atomic E-state index is 14.0. The summed E-state index contributed by atoms with van der Waals surface area (Å²) in [6, 6.07) is 29.7. The average Bonchev–Trinajstić information content (AvgIpc) is 3.49. The lowest BCUT2D eigenvalue weighted by atomic mass is 9.76. The summed E-state index contributed by atoms with van der Waals surface area (Å²) < 4.78 is 5.17. The number of benzene rings is 3. The Morgan fingerprint density at radius 2 is 1.41 bits per heavy atom. The number of hydrogen-bond donors (Lipinski definition) is 2. The molecule has 3 aromatic rings. The Hall–Kier alpha value is -3.55. The third-order valence-electron chi connectivity index (χ3n) is 8.00. The summed E-state index contributed by atoms with van der Waals surface area (Å²) in [4.78, 5) is 29.3. The Labute approximate surface area is 233 Å². The fourth-order valence-corrected chi connectivity index (χ4v) is 7.78. The fraction of sp³-hybridized carbons (Fsp3) is 0.312. The van der Waals surface area contributed by atoms with Crippen LogP contribution in [0.4, 0.5) is 0 Å². The van der Waals surface area contributed by atoms with Crippen molar-refractivity contribution >= 4 is 23.6 Å². The lowest BCUT2D eigenvalue weighted by molar-refractivity contribution is -0.156. The summed E-state index contributed by atoms with van der Waals surface area (Å²) in [7, 11) is 0. The minimum Gasteiger partial charge on any atom is -0.476 e. The van der Waals surface area contributed by atoms with E-state index in [4.69, 9.17) is 4.74 Å². The van der Waals surface area contributed by atoms with Gasteiger partial charge in [0.2, 0.25) is 11.8 Å². The number of fused-ring (bicyclic) bond motifs is 1. The van der Waals surface area contributed by atoms with Crippen molar-refractivity contribution in [2.75, 3.05) is 0 Å². The smallest absolute Gasteiger partial charge is 0.247 e. The molecular weight excluding hydrogens is 506 g/mol. The van der Waals surface area contributed by atoms with Crippen LogP contribution in [0.15, 0.2) is 103 Å². The fourth-order valence-electron chi connectivity index (χ4n) is 6.15. The molecule has 3 aliphatic rings. The van der Waals surface area contributed by atoms with Gasteiger partial charge in [0.1, 0.15) is 17.5 Å². The van der Waals surface area contributed by atoms with Crippen molar-refractivity contribution in [3.8, 4) is 0 Å². The highest BCUT2D eigenvalue weighted by Crippen LogP contribution is 2.52. The lowest BCUT2D eigenvalue weighted by Gasteiger charge is -2.49. The van der Waals surface area contributed by atoms with Gasteiger partial charge in [-0.1, -0.05) is 91.0 Å². The van der Waals surface area contributed by atoms with Crippen LogP contribution in [0.2, 0.25) is 0 Å². The van der Waals surface area contributed by atoms with E-state index in [1.807, 2.05) is 81.4 Å². The Balaban J connectivity index is 1.37. The molecule has 200 valence electrons. The Kier molecular flexibility index (Phi) is 6.31. The van der Waals surface area contributed by atoms with Crippen molar-refractivity contribution in [3.63, 3.8) is 0 Å². The van der Waals surface area contributed by atoms with Gasteiger partial charge in [0.25, 0.3) is 0 Å². The predicted molar refractivity (Wildman–Crippen MR) is 154 cm³/mol. The third kappa shape index (κ3) is 4.24. The van der Waals surface area contributed by atoms with Gasteiger partial charge < -0.3 is 15.0 Å². The number of rotatable bonds is 7. The topological polar surface area (TPSA) is 70.7 Å². The zero-order chi connectivity index (χ0) is 27.3. The van der Waals surface area contributed by atoms with Crippen LogP contribution in [0.25, 0.3) is 0 Å². The maximum absolute atomic E-state index is 14.0. The minimum absolute atomic E-state index is 0.0685. The molecule has 3 aromatic carbocycles. The Bertz CT molecular complexity index is 1290. The first-order valence-corrected chi connectivity index (χ1v) is 14.2. The molecule has 0 saturated carbocycles. The molecule has 2 N–H and O–H groups in total. The van der Waals surface area contributed by atoms with Crippen molar-refractivity contribution < 1.29 is 14.3 Å². The monoisotopic (exact) mass is 539 g/mol. The maximum Gasteiger partial charge on any atom is 0.247 e. The highest BCUT2D eigenvalue weighted by atomic mass is 32.2. The van der Waals surface area contributed by atoms with Gasteiger partial charge in [-0.25, -0.2) is 0 Å². The molecule has 6 nitrogen and oxygen atoms in total. The Morgan fingerprint density at radius 3 is 1.87 bits per heavy atom. The van der Waals surface area contributed by atoms with E-state index in [0.717, 1.165) is 16.7 Å². The van der Waals surface area contributed by atoms with E-state index >= 15 is 0 Å². The average molecular weight is 540 g/mol. The van der Waals surface area contributed by atoms with Crippen LogP contribution in [0, 0.1) is 0 Å². The number of nitrogens with one attached hydrogen (secondary N) is 2. The lowest BCUT2D eigenvalue weighted by Crippen LogP contribution is -2.73. The molecule has 0 aromatic heterocycles. The summed E-state index contributed by atoms with van der Waals surface area (Å²) in [6.07, 6.45) is 4.10. The third-order valence-corrected chi connectivity index (χ3v) is 9.57. The van der Waals surface area contributed by atoms with Crippen molar-refractivity contribution in [1.29, 1.82) is 0 Å². The van der Waals surface area contributed by atoms with Gasteiger partial charge in [-0.05, 0) is 43.5 Å². The molecule has 6 rings (SSSR count). The first-order chi connectivity index (χ1) is 18.8. The summed E-state index contributed by atoms with van der Waals surface area (Å²) >= 11 is 1.67. The summed E-state index contributed by atoms with van der Waals surface area (Å²) in [5.74, 6) is -0.255. The number of nitrogens with zero attached hydrogens (tertiary/aromatic N) is 1. The molecule has 0 aliphatic carbocycles. The van der Waals surface area contributed by atoms with Gasteiger partial charge in [-0.3, -0.25) is 14.9 Å². The SMILES string of the molecule is CC1(NC(=O)C2N3C(=O)C(NC(c4ccccc4)(c4ccccc4)c4ccccc4)[C@H]3SC2(C)C)CC=CO1. The van der Waals surface area contributed by atoms with E-state index in [-0.39, 0.29) is 17.2 Å². The molecule has 4 atom stereocenters. The molecule has 0 bridgehead atoms. The van der Waals surface area contributed by atoms with Crippen molar-refractivity contribution in [2.24, 2.45) is 0 Å². The quantitative estimate of drug-likeness (QED) is 0.335. The normalized spacial score (nSPS) is 27.0. The summed E-state index contributed by atoms with van der Waals surface area (Å²) in [5, 5.41) is 6.70. The second-order valence-electron chi connectivity index (χ2n) is 11.1. The standard InChI is InChI=1S/C32H33N3O3S/c1-30(2)26(27(36)34-31(3)20-13-21-38-31)35-28(37)25(29(35)39-30)33-32(22-14-7-4-8-15-22,23-16-9-5-10-17-23)24-18-11-6-12-19-24/h4-19,21,25-26,29,33H,20H2,1-3H3,(H,34,36)/t25?,26?,29-,31?/m1/s1. The van der Waals surface area contributed by atoms with Gasteiger partial charge in [0.15, 0.2) is 5.72 Å². The van der Waals surface area contributed by atoms with Gasteiger partial charge >= 0.3 is 0 Å². The van der Waals surface area contributed by atoms with Crippen molar-refractivity contribution in [2.45, 2.75) is 60.7 Å². The van der Waals surface area contributed by atoms with Crippen LogP contribution in [0.3, 0.4) is 0 Å². The van der Waals surface area contributed by atoms with Crippen molar-refractivity contribution in [1.82, 2.24) is 15.5 Å². The number of hydrogen-bond acceptors (Lipinski definition) is 5. The van der Waals surface area contributed by atoms with E-state index in [2.05, 4.69) is 47.0 Å². The van der Waals surface area contributed by atoms with Crippen LogP contribution in [-0.4, -0.2) is 44.6 Å². The van der Waals surface area contributed by atoms with E-state index in [0.29, 0.717) is 6.42 Å². The number of carbonyl (C=O) groups excluding carboxylic acids is 2. The molecule has 39 heavy (non-hydrogen) atoms. The van der Waals surface area contributed by atoms with Gasteiger partial charge in [-0.2, -0.15) is 0 Å². The van der Waals surface area contributed by atoms with Gasteiger partial charge in [0, 0.05) is 11.2 Å². The molecule has 0 radical (unpaired) electrons. The second kappa shape index (κ2) is 9.57. The van der Waals surface area contributed by atoms with E-state index in [1.54, 1.807) is 22.9 Å². The van der Waals surface area contributed by atoms with Crippen LogP contribution >= 0.6 is 11.8 Å². The molecule has 2 saturated heterocycles. The van der Waals surface area contributed by atoms with E-state index in [1.165, 1.54) is 0 Å². The molecule has 3 aliphatic heterocycles. The van der Waals surface area contributed by atoms with Crippen molar-refractivity contribution in [3.05, 3.63) is 120 Å². The second-order valence-corrected chi connectivity index (χ2v) is 12.9. The van der Waals surface area contributed by atoms with Gasteiger partial charge in [-0.15, -0.1) is 11.8 Å². The number of ether oxygens (including phenoxy) is 1. The number of thioether (sulfide) groups is 1. The zero-order valence-electron chi connectivity index (χ0n) is 22.3. The Morgan fingerprint density at radius 1 is 0.897 bits per heavy atom. The number of β-lactam (4-membered cyclic amide) rings is 1. The van der Waals surface area contributed by atoms with E-state index < -0.39 is 28.1 Å². The van der Waals surface area contributed by atoms with Crippen LogP contribution < -0.4 is 10.6 Å². The predicted octanol–water partition coefficient (Wildman–Crippen LogP) is 4.77. The van der Waals surface area contributed by atoms with Crippen LogP contribution in [-0.2, 0) is 19.9 Å². The molecule has 2 fully saturated rings. The zero-order valence-corrected chi connectivity index (χ0v) is 23.2. The highest BCUT2D eigenvalue weighted by molar-refractivity contribution is 8.01. The first-order valence-electron chi connectivity index (χ1n) is 13.3. The molecule has 7 heteroatoms. The van der Waals surface area contributed by atoms with E-state index in [9.17, 15) is 9.59 Å². The van der Waals surface area contributed by atoms with Crippen LogP contribution in [0.5, 0.6) is 0 Å². The molecule has 3 heterocycles. The minimum atomic E-state index is -0.787. The summed E-state index contributed by atoms with van der Waals surface area (Å²) in [5.41, 5.74) is 1.58. The largest absolute Gasteiger partial charge is 0.476 e. The molecule has 3 unspecified atom stereocenters. The number of amides is 2. The molecule has 0 spiro atoms. The van der Waals surface area contributed by atoms with Crippen LogP contribution in [0.1, 0.15) is 43.9 Å². The first kappa shape index (κ1) is 25.7.